The van der Waals surface area contributed by atoms with Crippen molar-refractivity contribution >= 4 is 29.3 Å². The van der Waals surface area contributed by atoms with Crippen LogP contribution < -0.4 is 10.6 Å². The average Bonchev–Trinajstić information content (AvgIpc) is 2.72. The lowest BCUT2D eigenvalue weighted by molar-refractivity contribution is -0.156. The molecule has 2 rings (SSSR count). The Hall–Kier alpha value is -3.55. The molecule has 31 heavy (non-hydrogen) atoms. The highest BCUT2D eigenvalue weighted by molar-refractivity contribution is 5.99. The first-order chi connectivity index (χ1) is 14.6. The summed E-state index contributed by atoms with van der Waals surface area (Å²) < 4.78 is 18.3. The van der Waals surface area contributed by atoms with Crippen molar-refractivity contribution in [3.8, 4) is 0 Å². The van der Waals surface area contributed by atoms with Crippen molar-refractivity contribution in [2.75, 3.05) is 5.32 Å². The quantitative estimate of drug-likeness (QED) is 0.496. The van der Waals surface area contributed by atoms with E-state index in [4.69, 9.17) is 4.74 Å². The van der Waals surface area contributed by atoms with Crippen molar-refractivity contribution in [3.63, 3.8) is 0 Å². The number of Topliss-reactive ketones (excluding diaryl/α,β-unsaturated/α-hetero) is 1. The molecule has 0 unspecified atom stereocenters. The molecule has 0 saturated heterocycles. The van der Waals surface area contributed by atoms with Crippen LogP contribution in [0, 0.1) is 11.7 Å². The lowest BCUT2D eigenvalue weighted by atomic mass is 10.0. The van der Waals surface area contributed by atoms with Crippen molar-refractivity contribution in [2.24, 2.45) is 5.92 Å². The highest BCUT2D eigenvalue weighted by Crippen LogP contribution is 2.13. The van der Waals surface area contributed by atoms with Crippen molar-refractivity contribution in [2.45, 2.75) is 39.8 Å². The minimum absolute atomic E-state index is 0.146. The first-order valence-electron chi connectivity index (χ1n) is 9.77. The number of anilines is 1. The van der Waals surface area contributed by atoms with Gasteiger partial charge in [0.2, 0.25) is 0 Å². The van der Waals surface area contributed by atoms with E-state index in [9.17, 15) is 23.6 Å². The Kier molecular flexibility index (Phi) is 8.01. The molecular weight excluding hydrogens is 403 g/mol. The van der Waals surface area contributed by atoms with Crippen LogP contribution in [0.1, 0.15) is 48.4 Å². The fraction of sp³-hybridized carbons (Fsp3) is 0.304. The molecule has 0 fully saturated rings. The number of ether oxygens (including phenoxy) is 1. The van der Waals surface area contributed by atoms with Crippen molar-refractivity contribution in [1.29, 1.82) is 0 Å². The number of nitrogens with one attached hydrogen (secondary N) is 2. The molecule has 2 aromatic carbocycles. The van der Waals surface area contributed by atoms with Gasteiger partial charge >= 0.3 is 5.97 Å². The minimum atomic E-state index is -1.14. The van der Waals surface area contributed by atoms with Gasteiger partial charge in [-0.2, -0.15) is 0 Å². The number of ketones is 1. The normalized spacial score (nSPS) is 12.6. The molecule has 0 radical (unpaired) electrons. The molecule has 2 atom stereocenters. The zero-order valence-electron chi connectivity index (χ0n) is 17.8. The summed E-state index contributed by atoms with van der Waals surface area (Å²) in [6.45, 7) is 6.25. The van der Waals surface area contributed by atoms with Gasteiger partial charge in [0.05, 0.1) is 0 Å². The van der Waals surface area contributed by atoms with E-state index in [2.05, 4.69) is 10.6 Å². The molecule has 0 spiro atoms. The number of benzene rings is 2. The zero-order valence-corrected chi connectivity index (χ0v) is 17.8. The largest absolute Gasteiger partial charge is 0.451 e. The first kappa shape index (κ1) is 23.7. The Labute approximate surface area is 180 Å². The van der Waals surface area contributed by atoms with E-state index in [1.54, 1.807) is 32.0 Å². The van der Waals surface area contributed by atoms with Crippen LogP contribution in [-0.2, 0) is 14.3 Å². The monoisotopic (exact) mass is 428 g/mol. The molecule has 0 aliphatic rings. The predicted molar refractivity (Wildman–Crippen MR) is 113 cm³/mol. The Bertz CT molecular complexity index is 972. The van der Waals surface area contributed by atoms with E-state index < -0.39 is 35.7 Å². The molecule has 0 aliphatic heterocycles. The van der Waals surface area contributed by atoms with E-state index in [0.717, 1.165) is 12.1 Å². The first-order valence-corrected chi connectivity index (χ1v) is 9.77. The maximum Gasteiger partial charge on any atom is 0.329 e. The average molecular weight is 428 g/mol. The third kappa shape index (κ3) is 6.74. The molecule has 7 nitrogen and oxygen atoms in total. The third-order valence-corrected chi connectivity index (χ3v) is 4.51. The number of carbonyl (C=O) groups excluding carboxylic acids is 4. The Morgan fingerprint density at radius 3 is 2.16 bits per heavy atom. The molecule has 2 aromatic rings. The van der Waals surface area contributed by atoms with Gasteiger partial charge in [-0.1, -0.05) is 26.0 Å². The van der Waals surface area contributed by atoms with Crippen LogP contribution >= 0.6 is 0 Å². The smallest absolute Gasteiger partial charge is 0.329 e. The number of amides is 2. The van der Waals surface area contributed by atoms with Crippen LogP contribution in [0.15, 0.2) is 48.5 Å². The van der Waals surface area contributed by atoms with Crippen LogP contribution in [0.3, 0.4) is 0 Å². The summed E-state index contributed by atoms with van der Waals surface area (Å²) >= 11 is 0. The van der Waals surface area contributed by atoms with Crippen molar-refractivity contribution in [3.05, 3.63) is 65.5 Å². The number of carbonyl (C=O) groups is 4. The van der Waals surface area contributed by atoms with E-state index in [1.807, 2.05) is 0 Å². The second-order valence-corrected chi connectivity index (χ2v) is 7.41. The Morgan fingerprint density at radius 1 is 0.935 bits per heavy atom. The third-order valence-electron chi connectivity index (χ3n) is 4.51. The van der Waals surface area contributed by atoms with E-state index in [-0.39, 0.29) is 17.3 Å². The van der Waals surface area contributed by atoms with Crippen LogP contribution in [0.2, 0.25) is 0 Å². The molecule has 164 valence electrons. The van der Waals surface area contributed by atoms with Gasteiger partial charge in [-0.25, -0.2) is 9.18 Å². The SMILES string of the molecule is CC(=O)c1cccc(NC(=O)[C@@H](C)OC(=O)[C@@H](NC(=O)c2ccc(F)cc2)C(C)C)c1. The van der Waals surface area contributed by atoms with Crippen LogP contribution in [0.25, 0.3) is 0 Å². The molecular formula is C23H25FN2O5. The van der Waals surface area contributed by atoms with Gasteiger partial charge in [-0.05, 0) is 56.2 Å². The standard InChI is InChI=1S/C23H25FN2O5/c1-13(2)20(26-22(29)16-8-10-18(24)11-9-16)23(30)31-15(4)21(28)25-19-7-5-6-17(12-19)14(3)27/h5-13,15,20H,1-4H3,(H,25,28)(H,26,29)/t15-,20+/m1/s1. The molecule has 8 heteroatoms. The number of hydrogen-bond acceptors (Lipinski definition) is 5. The maximum absolute atomic E-state index is 13.0. The fourth-order valence-corrected chi connectivity index (χ4v) is 2.68. The number of halogens is 1. The second kappa shape index (κ2) is 10.5. The molecule has 0 bridgehead atoms. The number of esters is 1. The minimum Gasteiger partial charge on any atom is -0.451 e. The lowest BCUT2D eigenvalue weighted by Gasteiger charge is -2.23. The van der Waals surface area contributed by atoms with E-state index in [1.165, 1.54) is 32.0 Å². The lowest BCUT2D eigenvalue weighted by Crippen LogP contribution is -2.47. The molecule has 0 aliphatic carbocycles. The summed E-state index contributed by atoms with van der Waals surface area (Å²) in [5.41, 5.74) is 1.02. The summed E-state index contributed by atoms with van der Waals surface area (Å²) in [6.07, 6.45) is -1.14. The van der Waals surface area contributed by atoms with Crippen molar-refractivity contribution < 1.29 is 28.3 Å². The van der Waals surface area contributed by atoms with Gasteiger partial charge in [0.1, 0.15) is 11.9 Å². The van der Waals surface area contributed by atoms with Crippen molar-refractivity contribution in [1.82, 2.24) is 5.32 Å². The van der Waals surface area contributed by atoms with Crippen LogP contribution in [0.5, 0.6) is 0 Å². The second-order valence-electron chi connectivity index (χ2n) is 7.41. The van der Waals surface area contributed by atoms with Gasteiger partial charge in [-0.15, -0.1) is 0 Å². The molecule has 2 N–H and O–H groups in total. The molecule has 0 aromatic heterocycles. The van der Waals surface area contributed by atoms with Gasteiger partial charge in [0.25, 0.3) is 11.8 Å². The van der Waals surface area contributed by atoms with Gasteiger partial charge < -0.3 is 15.4 Å². The summed E-state index contributed by atoms with van der Waals surface area (Å²) in [7, 11) is 0. The number of hydrogen-bond donors (Lipinski definition) is 2. The molecule has 0 heterocycles. The van der Waals surface area contributed by atoms with E-state index >= 15 is 0 Å². The van der Waals surface area contributed by atoms with Gasteiger partial charge in [-0.3, -0.25) is 14.4 Å². The van der Waals surface area contributed by atoms with Gasteiger partial charge in [0, 0.05) is 16.8 Å². The van der Waals surface area contributed by atoms with E-state index in [0.29, 0.717) is 11.3 Å². The summed E-state index contributed by atoms with van der Waals surface area (Å²) in [5.74, 6) is -2.86. The van der Waals surface area contributed by atoms with Crippen LogP contribution in [-0.4, -0.2) is 35.7 Å². The zero-order chi connectivity index (χ0) is 23.1. The summed E-state index contributed by atoms with van der Waals surface area (Å²) in [4.78, 5) is 48.8. The molecule has 2 amide bonds. The molecule has 0 saturated carbocycles. The summed E-state index contributed by atoms with van der Waals surface area (Å²) in [6, 6.07) is 10.3. The highest BCUT2D eigenvalue weighted by atomic mass is 19.1. The Balaban J connectivity index is 2.01. The van der Waals surface area contributed by atoms with Crippen LogP contribution in [0.4, 0.5) is 10.1 Å². The Morgan fingerprint density at radius 2 is 1.58 bits per heavy atom. The summed E-state index contributed by atoms with van der Waals surface area (Å²) in [5, 5.41) is 5.15. The maximum atomic E-state index is 13.0. The fourth-order valence-electron chi connectivity index (χ4n) is 2.68. The topological polar surface area (TPSA) is 102 Å². The predicted octanol–water partition coefficient (Wildman–Crippen LogP) is 3.35. The highest BCUT2D eigenvalue weighted by Gasteiger charge is 2.29. The number of rotatable bonds is 8. The van der Waals surface area contributed by atoms with Gasteiger partial charge in [0.15, 0.2) is 11.9 Å².